The SMILES string of the molecule is Cc1ccccc1-c1cccc[n+]1Cc1cc2c(cc1-c1cc(C(C)(C)C)cc[n+]1C)-c1ccccc1-c1ccccc1S2. The van der Waals surface area contributed by atoms with Gasteiger partial charge in [-0.15, -0.1) is 0 Å². The van der Waals surface area contributed by atoms with Crippen molar-refractivity contribution in [2.75, 3.05) is 0 Å². The van der Waals surface area contributed by atoms with Crippen LogP contribution in [0.5, 0.6) is 0 Å². The minimum atomic E-state index is 0.0468. The second kappa shape index (κ2) is 11.2. The van der Waals surface area contributed by atoms with Crippen molar-refractivity contribution in [2.24, 2.45) is 7.05 Å². The molecule has 2 aromatic heterocycles. The molecule has 2 nitrogen and oxygen atoms in total. The predicted molar refractivity (Wildman–Crippen MR) is 183 cm³/mol. The average molecular weight is 591 g/mol. The quantitative estimate of drug-likeness (QED) is 0.185. The average Bonchev–Trinajstić information content (AvgIpc) is 3.15. The molecule has 3 heterocycles. The fraction of sp³-hybridized carbons (Fsp3) is 0.171. The zero-order valence-electron chi connectivity index (χ0n) is 26.1. The molecule has 216 valence electrons. The van der Waals surface area contributed by atoms with Gasteiger partial charge in [-0.05, 0) is 76.1 Å². The van der Waals surface area contributed by atoms with E-state index < -0.39 is 0 Å². The summed E-state index contributed by atoms with van der Waals surface area (Å²) in [6.07, 6.45) is 4.44. The third-order valence-corrected chi connectivity index (χ3v) is 9.95. The number of pyridine rings is 2. The van der Waals surface area contributed by atoms with E-state index in [9.17, 15) is 0 Å². The molecule has 1 aliphatic rings. The molecule has 0 bridgehead atoms. The molecule has 0 amide bonds. The summed E-state index contributed by atoms with van der Waals surface area (Å²) in [5, 5.41) is 0. The molecule has 0 spiro atoms. The number of aryl methyl sites for hydroxylation is 2. The van der Waals surface area contributed by atoms with Crippen LogP contribution in [0.15, 0.2) is 137 Å². The van der Waals surface area contributed by atoms with Crippen LogP contribution in [0.25, 0.3) is 44.8 Å². The van der Waals surface area contributed by atoms with E-state index >= 15 is 0 Å². The molecule has 3 heteroatoms. The maximum Gasteiger partial charge on any atom is 0.213 e. The number of benzene rings is 4. The summed E-state index contributed by atoms with van der Waals surface area (Å²) < 4.78 is 4.69. The number of aromatic nitrogens is 2. The molecule has 44 heavy (non-hydrogen) atoms. The highest BCUT2D eigenvalue weighted by Crippen LogP contribution is 2.49. The van der Waals surface area contributed by atoms with Crippen LogP contribution in [0.1, 0.15) is 37.5 Å². The normalized spacial score (nSPS) is 12.2. The zero-order chi connectivity index (χ0) is 30.4. The van der Waals surface area contributed by atoms with Crippen LogP contribution in [0.4, 0.5) is 0 Å². The maximum atomic E-state index is 2.46. The fourth-order valence-corrected chi connectivity index (χ4v) is 7.49. The molecule has 7 rings (SSSR count). The summed E-state index contributed by atoms with van der Waals surface area (Å²) in [5.41, 5.74) is 14.1. The van der Waals surface area contributed by atoms with Crippen molar-refractivity contribution in [3.8, 4) is 44.8 Å². The second-order valence-electron chi connectivity index (χ2n) is 12.8. The van der Waals surface area contributed by atoms with Gasteiger partial charge in [-0.2, -0.15) is 4.57 Å². The summed E-state index contributed by atoms with van der Waals surface area (Å²) in [7, 11) is 2.17. The predicted octanol–water partition coefficient (Wildman–Crippen LogP) is 9.59. The van der Waals surface area contributed by atoms with E-state index in [0.717, 1.165) is 6.54 Å². The minimum absolute atomic E-state index is 0.0468. The number of rotatable bonds is 4. The number of hydrogen-bond acceptors (Lipinski definition) is 1. The molecule has 4 aromatic carbocycles. The van der Waals surface area contributed by atoms with Crippen LogP contribution in [-0.2, 0) is 19.0 Å². The van der Waals surface area contributed by atoms with Gasteiger partial charge in [-0.3, -0.25) is 0 Å². The van der Waals surface area contributed by atoms with E-state index in [-0.39, 0.29) is 5.41 Å². The molecule has 0 saturated carbocycles. The molecule has 0 aliphatic carbocycles. The lowest BCUT2D eigenvalue weighted by atomic mass is 9.86. The van der Waals surface area contributed by atoms with Crippen molar-refractivity contribution in [3.05, 3.63) is 144 Å². The van der Waals surface area contributed by atoms with E-state index in [4.69, 9.17) is 0 Å². The van der Waals surface area contributed by atoms with Crippen LogP contribution in [0, 0.1) is 6.92 Å². The van der Waals surface area contributed by atoms with E-state index in [1.54, 1.807) is 0 Å². The van der Waals surface area contributed by atoms with Crippen LogP contribution < -0.4 is 9.13 Å². The monoisotopic (exact) mass is 590 g/mol. The highest BCUT2D eigenvalue weighted by molar-refractivity contribution is 7.99. The molecule has 0 radical (unpaired) electrons. The minimum Gasteiger partial charge on any atom is -0.201 e. The first-order chi connectivity index (χ1) is 21.3. The lowest BCUT2D eigenvalue weighted by Crippen LogP contribution is -2.37. The first-order valence-electron chi connectivity index (χ1n) is 15.4. The molecule has 6 aromatic rings. The van der Waals surface area contributed by atoms with E-state index in [1.807, 2.05) is 11.8 Å². The van der Waals surface area contributed by atoms with Gasteiger partial charge in [0.2, 0.25) is 11.4 Å². The van der Waals surface area contributed by atoms with Crippen LogP contribution >= 0.6 is 11.8 Å². The highest BCUT2D eigenvalue weighted by Gasteiger charge is 2.27. The molecular weight excluding hydrogens is 553 g/mol. The van der Waals surface area contributed by atoms with Gasteiger partial charge < -0.3 is 0 Å². The molecular formula is C41H38N2S+2. The van der Waals surface area contributed by atoms with E-state index in [2.05, 4.69) is 172 Å². The Hall–Kier alpha value is -4.47. The number of hydrogen-bond donors (Lipinski definition) is 0. The molecule has 0 N–H and O–H groups in total. The van der Waals surface area contributed by atoms with Crippen molar-refractivity contribution in [2.45, 2.75) is 49.4 Å². The lowest BCUT2D eigenvalue weighted by Gasteiger charge is -2.20. The molecule has 0 atom stereocenters. The molecule has 0 fully saturated rings. The van der Waals surface area contributed by atoms with Crippen molar-refractivity contribution >= 4 is 11.8 Å². The molecule has 0 saturated heterocycles. The Balaban J connectivity index is 1.49. The standard InChI is InChI=1S/C41H38N2S/c1-28-14-6-7-15-31(28)37-19-12-13-22-43(37)27-29-24-40-36(26-35(29)38-25-30(41(2,3)4)21-23-42(38)5)33-17-9-8-16-32(33)34-18-10-11-20-39(34)44-40/h6-26H,27H2,1-5H3/q+2. The molecule has 1 aliphatic heterocycles. The van der Waals surface area contributed by atoms with Crippen LogP contribution in [-0.4, -0.2) is 0 Å². The van der Waals surface area contributed by atoms with Gasteiger partial charge >= 0.3 is 0 Å². The lowest BCUT2D eigenvalue weighted by molar-refractivity contribution is -0.677. The Bertz CT molecular complexity index is 2030. The Kier molecular flexibility index (Phi) is 7.22. The van der Waals surface area contributed by atoms with Gasteiger partial charge in [0.1, 0.15) is 7.05 Å². The van der Waals surface area contributed by atoms with Gasteiger partial charge in [-0.25, -0.2) is 4.57 Å². The summed E-state index contributed by atoms with van der Waals surface area (Å²) in [6, 6.07) is 42.5. The number of nitrogens with zero attached hydrogens (tertiary/aromatic N) is 2. The third-order valence-electron chi connectivity index (χ3n) is 8.81. The summed E-state index contributed by atoms with van der Waals surface area (Å²) in [4.78, 5) is 2.59. The van der Waals surface area contributed by atoms with Crippen molar-refractivity contribution < 1.29 is 9.13 Å². The highest BCUT2D eigenvalue weighted by atomic mass is 32.2. The third kappa shape index (κ3) is 5.16. The van der Waals surface area contributed by atoms with Crippen molar-refractivity contribution in [3.63, 3.8) is 0 Å². The second-order valence-corrected chi connectivity index (χ2v) is 13.9. The Morgan fingerprint density at radius 3 is 1.98 bits per heavy atom. The first kappa shape index (κ1) is 28.3. The number of fused-ring (bicyclic) bond motifs is 5. The van der Waals surface area contributed by atoms with Gasteiger partial charge in [0.25, 0.3) is 0 Å². The van der Waals surface area contributed by atoms with Crippen molar-refractivity contribution in [1.29, 1.82) is 0 Å². The van der Waals surface area contributed by atoms with E-state index in [0.29, 0.717) is 0 Å². The Morgan fingerprint density at radius 1 is 0.568 bits per heavy atom. The van der Waals surface area contributed by atoms with E-state index in [1.165, 1.54) is 71.2 Å². The van der Waals surface area contributed by atoms with Gasteiger partial charge in [-0.1, -0.05) is 93.2 Å². The first-order valence-corrected chi connectivity index (χ1v) is 16.2. The van der Waals surface area contributed by atoms with Gasteiger partial charge in [0, 0.05) is 45.2 Å². The summed E-state index contributed by atoms with van der Waals surface area (Å²) in [5.74, 6) is 0. The van der Waals surface area contributed by atoms with Crippen LogP contribution in [0.2, 0.25) is 0 Å². The fourth-order valence-electron chi connectivity index (χ4n) is 6.34. The topological polar surface area (TPSA) is 7.76 Å². The summed E-state index contributed by atoms with van der Waals surface area (Å²) in [6.45, 7) is 9.84. The smallest absolute Gasteiger partial charge is 0.201 e. The Morgan fingerprint density at radius 2 is 1.23 bits per heavy atom. The molecule has 0 unspecified atom stereocenters. The maximum absolute atomic E-state index is 2.46. The zero-order valence-corrected chi connectivity index (χ0v) is 27.0. The van der Waals surface area contributed by atoms with Gasteiger partial charge in [0.05, 0.1) is 5.56 Å². The van der Waals surface area contributed by atoms with Gasteiger partial charge in [0.15, 0.2) is 18.9 Å². The van der Waals surface area contributed by atoms with Crippen molar-refractivity contribution in [1.82, 2.24) is 0 Å². The van der Waals surface area contributed by atoms with Crippen LogP contribution in [0.3, 0.4) is 0 Å². The Labute approximate surface area is 265 Å². The largest absolute Gasteiger partial charge is 0.213 e. The summed E-state index contributed by atoms with van der Waals surface area (Å²) >= 11 is 1.89.